The van der Waals surface area contributed by atoms with Crippen LogP contribution in [0.25, 0.3) is 0 Å². The minimum atomic E-state index is -0.343. The average Bonchev–Trinajstić information content (AvgIpc) is 2.05. The van der Waals surface area contributed by atoms with Crippen molar-refractivity contribution in [3.05, 3.63) is 11.8 Å². The van der Waals surface area contributed by atoms with Crippen molar-refractivity contribution < 1.29 is 14.3 Å². The van der Waals surface area contributed by atoms with Crippen LogP contribution in [0.15, 0.2) is 11.8 Å². The summed E-state index contributed by atoms with van der Waals surface area (Å²) in [5.74, 6) is 0.0275. The molecule has 0 fully saturated rings. The molecule has 68 valence electrons. The van der Waals surface area contributed by atoms with E-state index in [1.54, 1.807) is 6.08 Å². The van der Waals surface area contributed by atoms with Crippen LogP contribution in [0.1, 0.15) is 26.7 Å². The van der Waals surface area contributed by atoms with Crippen LogP contribution < -0.4 is 0 Å². The zero-order valence-electron chi connectivity index (χ0n) is 7.50. The highest BCUT2D eigenvalue weighted by molar-refractivity contribution is 5.86. The topological polar surface area (TPSA) is 35.5 Å². The lowest BCUT2D eigenvalue weighted by Crippen LogP contribution is -2.17. The number of carbonyl (C=O) groups excluding carboxylic acids is 1. The first-order chi connectivity index (χ1) is 5.70. The van der Waals surface area contributed by atoms with E-state index < -0.39 is 0 Å². The molecule has 0 aromatic carbocycles. The zero-order valence-corrected chi connectivity index (χ0v) is 7.50. The van der Waals surface area contributed by atoms with Crippen LogP contribution in [-0.4, -0.2) is 18.7 Å². The van der Waals surface area contributed by atoms with Gasteiger partial charge >= 0.3 is 5.97 Å². The first-order valence-corrected chi connectivity index (χ1v) is 4.24. The van der Waals surface area contributed by atoms with Gasteiger partial charge in [0, 0.05) is 0 Å². The summed E-state index contributed by atoms with van der Waals surface area (Å²) in [6, 6.07) is 0. The van der Waals surface area contributed by atoms with Gasteiger partial charge in [-0.2, -0.15) is 0 Å². The summed E-state index contributed by atoms with van der Waals surface area (Å²) in [6.07, 6.45) is 3.60. The Balaban J connectivity index is 2.45. The third-order valence-electron chi connectivity index (χ3n) is 1.48. The summed E-state index contributed by atoms with van der Waals surface area (Å²) >= 11 is 0. The lowest BCUT2D eigenvalue weighted by atomic mass is 10.2. The number of rotatable bonds is 2. The summed E-state index contributed by atoms with van der Waals surface area (Å²) in [5.41, 5.74) is 0. The maximum atomic E-state index is 11.2. The van der Waals surface area contributed by atoms with E-state index in [2.05, 4.69) is 0 Å². The van der Waals surface area contributed by atoms with E-state index in [0.29, 0.717) is 12.4 Å². The van der Waals surface area contributed by atoms with Crippen LogP contribution >= 0.6 is 0 Å². The maximum absolute atomic E-state index is 11.2. The quantitative estimate of drug-likeness (QED) is 0.591. The number of allylic oxidation sites excluding steroid dienone is 1. The first-order valence-electron chi connectivity index (χ1n) is 4.24. The zero-order chi connectivity index (χ0) is 8.97. The highest BCUT2D eigenvalue weighted by Crippen LogP contribution is 2.11. The van der Waals surface area contributed by atoms with E-state index in [4.69, 9.17) is 9.47 Å². The third-order valence-corrected chi connectivity index (χ3v) is 1.48. The molecule has 0 saturated heterocycles. The molecule has 12 heavy (non-hydrogen) atoms. The second-order valence-electron chi connectivity index (χ2n) is 3.01. The fraction of sp³-hybridized carbons (Fsp3) is 0.667. The normalized spacial score (nSPS) is 16.8. The molecule has 1 aliphatic heterocycles. The molecule has 0 atom stereocenters. The molecule has 0 saturated carbocycles. The molecule has 0 aliphatic carbocycles. The number of esters is 1. The molecule has 0 bridgehead atoms. The number of hydrogen-bond donors (Lipinski definition) is 0. The van der Waals surface area contributed by atoms with Gasteiger partial charge in [0.1, 0.15) is 0 Å². The second-order valence-corrected chi connectivity index (χ2v) is 3.01. The molecular formula is C9H14O3. The van der Waals surface area contributed by atoms with Crippen molar-refractivity contribution >= 4 is 5.97 Å². The van der Waals surface area contributed by atoms with Gasteiger partial charge in [-0.25, -0.2) is 4.79 Å². The standard InChI is InChI=1S/C9H14O3/c1-7(2)12-9(10)8-5-3-4-6-11-8/h5,7H,3-4,6H2,1-2H3. The van der Waals surface area contributed by atoms with Crippen molar-refractivity contribution in [3.63, 3.8) is 0 Å². The van der Waals surface area contributed by atoms with Crippen LogP contribution in [-0.2, 0) is 14.3 Å². The maximum Gasteiger partial charge on any atom is 0.373 e. The molecule has 0 aromatic rings. The van der Waals surface area contributed by atoms with Crippen LogP contribution in [0.2, 0.25) is 0 Å². The van der Waals surface area contributed by atoms with Gasteiger partial charge in [0.25, 0.3) is 0 Å². The molecule has 1 rings (SSSR count). The van der Waals surface area contributed by atoms with Crippen LogP contribution in [0.5, 0.6) is 0 Å². The molecule has 1 heterocycles. The van der Waals surface area contributed by atoms with Crippen molar-refractivity contribution in [2.75, 3.05) is 6.61 Å². The van der Waals surface area contributed by atoms with Gasteiger partial charge in [-0.1, -0.05) is 0 Å². The van der Waals surface area contributed by atoms with E-state index in [0.717, 1.165) is 12.8 Å². The average molecular weight is 170 g/mol. The van der Waals surface area contributed by atoms with Gasteiger partial charge in [-0.3, -0.25) is 0 Å². The Morgan fingerprint density at radius 3 is 2.92 bits per heavy atom. The van der Waals surface area contributed by atoms with Gasteiger partial charge in [0.2, 0.25) is 5.76 Å². The van der Waals surface area contributed by atoms with Gasteiger partial charge in [-0.05, 0) is 32.8 Å². The minimum Gasteiger partial charge on any atom is -0.487 e. The largest absolute Gasteiger partial charge is 0.487 e. The Hall–Kier alpha value is -0.990. The van der Waals surface area contributed by atoms with E-state index in [9.17, 15) is 4.79 Å². The van der Waals surface area contributed by atoms with Crippen molar-refractivity contribution in [1.82, 2.24) is 0 Å². The molecule has 0 N–H and O–H groups in total. The van der Waals surface area contributed by atoms with Crippen LogP contribution in [0.3, 0.4) is 0 Å². The fourth-order valence-corrected chi connectivity index (χ4v) is 0.972. The van der Waals surface area contributed by atoms with Crippen LogP contribution in [0.4, 0.5) is 0 Å². The molecule has 0 aromatic heterocycles. The summed E-state index contributed by atoms with van der Waals surface area (Å²) in [6.45, 7) is 4.27. The van der Waals surface area contributed by atoms with E-state index in [1.165, 1.54) is 0 Å². The summed E-state index contributed by atoms with van der Waals surface area (Å²) in [4.78, 5) is 11.2. The Kier molecular flexibility index (Phi) is 3.14. The van der Waals surface area contributed by atoms with Crippen molar-refractivity contribution in [2.24, 2.45) is 0 Å². The Morgan fingerprint density at radius 2 is 2.42 bits per heavy atom. The lowest BCUT2D eigenvalue weighted by Gasteiger charge is -2.14. The predicted molar refractivity (Wildman–Crippen MR) is 44.5 cm³/mol. The predicted octanol–water partition coefficient (Wildman–Crippen LogP) is 1.63. The van der Waals surface area contributed by atoms with Gasteiger partial charge < -0.3 is 9.47 Å². The van der Waals surface area contributed by atoms with Crippen molar-refractivity contribution in [3.8, 4) is 0 Å². The smallest absolute Gasteiger partial charge is 0.373 e. The molecule has 0 radical (unpaired) electrons. The Bertz CT molecular complexity index is 194. The molecule has 0 amide bonds. The molecule has 3 nitrogen and oxygen atoms in total. The van der Waals surface area contributed by atoms with E-state index in [-0.39, 0.29) is 12.1 Å². The minimum absolute atomic E-state index is 0.0797. The van der Waals surface area contributed by atoms with Gasteiger partial charge in [0.15, 0.2) is 0 Å². The number of carbonyl (C=O) groups is 1. The van der Waals surface area contributed by atoms with E-state index in [1.807, 2.05) is 13.8 Å². The highest BCUT2D eigenvalue weighted by atomic mass is 16.6. The van der Waals surface area contributed by atoms with Crippen molar-refractivity contribution in [2.45, 2.75) is 32.8 Å². The van der Waals surface area contributed by atoms with Gasteiger partial charge in [-0.15, -0.1) is 0 Å². The fourth-order valence-electron chi connectivity index (χ4n) is 0.972. The third kappa shape index (κ3) is 2.57. The van der Waals surface area contributed by atoms with Crippen LogP contribution in [0, 0.1) is 0 Å². The molecular weight excluding hydrogens is 156 g/mol. The lowest BCUT2D eigenvalue weighted by molar-refractivity contribution is -0.147. The monoisotopic (exact) mass is 170 g/mol. The van der Waals surface area contributed by atoms with E-state index >= 15 is 0 Å². The molecule has 0 unspecified atom stereocenters. The summed E-state index contributed by atoms with van der Waals surface area (Å²) in [7, 11) is 0. The molecule has 0 spiro atoms. The summed E-state index contributed by atoms with van der Waals surface area (Å²) < 4.78 is 10.1. The number of hydrogen-bond acceptors (Lipinski definition) is 3. The Morgan fingerprint density at radius 1 is 1.67 bits per heavy atom. The molecule has 1 aliphatic rings. The number of ether oxygens (including phenoxy) is 2. The van der Waals surface area contributed by atoms with Gasteiger partial charge in [0.05, 0.1) is 12.7 Å². The SMILES string of the molecule is CC(C)OC(=O)C1=CCCCO1. The van der Waals surface area contributed by atoms with Crippen molar-refractivity contribution in [1.29, 1.82) is 0 Å². The first kappa shape index (κ1) is 9.10. The highest BCUT2D eigenvalue weighted by Gasteiger charge is 2.15. The summed E-state index contributed by atoms with van der Waals surface area (Å²) in [5, 5.41) is 0. The molecule has 3 heteroatoms. The Labute approximate surface area is 72.4 Å². The second kappa shape index (κ2) is 4.14.